The van der Waals surface area contributed by atoms with Gasteiger partial charge in [0.2, 0.25) is 5.28 Å². The molecule has 0 saturated heterocycles. The predicted molar refractivity (Wildman–Crippen MR) is 34.7 cm³/mol. The van der Waals surface area contributed by atoms with E-state index in [-0.39, 0.29) is 0 Å². The molecule has 0 aromatic heterocycles. The zero-order chi connectivity index (χ0) is 6.57. The molecule has 48 valence electrons. The van der Waals surface area contributed by atoms with E-state index < -0.39 is 3.86 Å². The second kappa shape index (κ2) is 4.08. The molecule has 0 atom stereocenters. The van der Waals surface area contributed by atoms with E-state index in [2.05, 4.69) is 42.0 Å². The number of nitrogens with zero attached hydrogens (tertiary/aromatic N) is 2. The Morgan fingerprint density at radius 2 is 2.25 bits per heavy atom. The van der Waals surface area contributed by atoms with Crippen molar-refractivity contribution in [1.29, 1.82) is 0 Å². The number of halogens is 2. The topological polar surface area (TPSA) is 47.7 Å². The minimum absolute atomic E-state index is 0.333. The molecular weight excluding hydrogens is 244 g/mol. The molecule has 0 rings (SSSR count). The highest BCUT2D eigenvalue weighted by Gasteiger charge is 2.05. The van der Waals surface area contributed by atoms with Crippen LogP contribution in [0, 0.1) is 5.21 Å². The Morgan fingerprint density at radius 1 is 1.75 bits per heavy atom. The molecule has 8 heavy (non-hydrogen) atoms. The maximum Gasteiger partial charge on any atom is 0.300 e. The van der Waals surface area contributed by atoms with Gasteiger partial charge in [0.15, 0.2) is 0 Å². The van der Waals surface area contributed by atoms with Gasteiger partial charge in [-0.25, -0.2) is 0 Å². The zero-order valence-electron chi connectivity index (χ0n) is 4.04. The van der Waals surface area contributed by atoms with Gasteiger partial charge in [-0.15, -0.1) is 0 Å². The quantitative estimate of drug-likeness (QED) is 0.245. The molecule has 0 amide bonds. The summed E-state index contributed by atoms with van der Waals surface area (Å²) in [5, 5.41) is 13.3. The van der Waals surface area contributed by atoms with E-state index in [9.17, 15) is 5.21 Å². The van der Waals surface area contributed by atoms with Gasteiger partial charge in [0.1, 0.15) is 7.11 Å². The lowest BCUT2D eigenvalue weighted by molar-refractivity contribution is -0.546. The van der Waals surface area contributed by atoms with Crippen molar-refractivity contribution in [3.05, 3.63) is 5.21 Å². The second-order valence-electron chi connectivity index (χ2n) is 0.844. The van der Waals surface area contributed by atoms with Crippen molar-refractivity contribution in [1.82, 2.24) is 0 Å². The molecule has 4 nitrogen and oxygen atoms in total. The van der Waals surface area contributed by atoms with Gasteiger partial charge < -0.3 is 10.0 Å². The molecule has 0 spiro atoms. The van der Waals surface area contributed by atoms with Gasteiger partial charge in [0.25, 0.3) is 3.86 Å². The maximum atomic E-state index is 10.3. The van der Waals surface area contributed by atoms with E-state index in [0.29, 0.717) is 4.86 Å². The van der Waals surface area contributed by atoms with Crippen molar-refractivity contribution in [3.63, 3.8) is 0 Å². The molecule has 0 aliphatic carbocycles. The average molecular weight is 248 g/mol. The van der Waals surface area contributed by atoms with Crippen LogP contribution >= 0.6 is 31.9 Å². The van der Waals surface area contributed by atoms with Crippen LogP contribution in [-0.4, -0.2) is 15.8 Å². The maximum absolute atomic E-state index is 10.3. The van der Waals surface area contributed by atoms with Crippen LogP contribution in [0.2, 0.25) is 0 Å². The van der Waals surface area contributed by atoms with Gasteiger partial charge in [0, 0.05) is 31.9 Å². The van der Waals surface area contributed by atoms with Crippen LogP contribution in [0.3, 0.4) is 0 Å². The highest BCUT2D eigenvalue weighted by atomic mass is 79.9. The van der Waals surface area contributed by atoms with Crippen LogP contribution in [0.25, 0.3) is 0 Å². The van der Waals surface area contributed by atoms with Crippen LogP contribution in [0.5, 0.6) is 0 Å². The van der Waals surface area contributed by atoms with E-state index >= 15 is 0 Å². The van der Waals surface area contributed by atoms with Crippen molar-refractivity contribution in [2.24, 2.45) is 5.28 Å². The highest BCUT2D eigenvalue weighted by molar-refractivity contribution is 9.24. The molecule has 0 radical (unpaired) electrons. The lowest BCUT2D eigenvalue weighted by Gasteiger charge is -1.96. The van der Waals surface area contributed by atoms with Crippen LogP contribution < -0.4 is 0 Å². The molecule has 0 aromatic carbocycles. The van der Waals surface area contributed by atoms with E-state index in [1.165, 1.54) is 7.11 Å². The third-order valence-electron chi connectivity index (χ3n) is 0.329. The van der Waals surface area contributed by atoms with Gasteiger partial charge in [-0.3, -0.25) is 0 Å². The molecule has 0 heterocycles. The van der Waals surface area contributed by atoms with E-state index in [0.717, 1.165) is 0 Å². The summed E-state index contributed by atoms with van der Waals surface area (Å²) < 4.78 is -0.519. The lowest BCUT2D eigenvalue weighted by atomic mass is 11.5. The van der Waals surface area contributed by atoms with Crippen molar-refractivity contribution in [3.8, 4) is 0 Å². The highest BCUT2D eigenvalue weighted by Crippen LogP contribution is 2.08. The Kier molecular flexibility index (Phi) is 4.16. The summed E-state index contributed by atoms with van der Waals surface area (Å²) in [6.07, 6.45) is 0. The minimum atomic E-state index is -0.519. The van der Waals surface area contributed by atoms with Crippen LogP contribution in [-0.2, 0) is 4.84 Å². The Morgan fingerprint density at radius 3 is 2.38 bits per heavy atom. The summed E-state index contributed by atoms with van der Waals surface area (Å²) in [6, 6.07) is 0. The van der Waals surface area contributed by atoms with Gasteiger partial charge in [-0.05, 0) is 4.86 Å². The summed E-state index contributed by atoms with van der Waals surface area (Å²) in [6.45, 7) is 0. The molecule has 0 unspecified atom stereocenters. The molecule has 0 fully saturated rings. The Labute approximate surface area is 63.3 Å². The van der Waals surface area contributed by atoms with Crippen molar-refractivity contribution >= 4 is 31.9 Å². The molecule has 0 bridgehead atoms. The predicted octanol–water partition coefficient (Wildman–Crippen LogP) is 1.58. The van der Waals surface area contributed by atoms with Crippen molar-refractivity contribution < 1.29 is 9.70 Å². The number of alkyl halides is 2. The van der Waals surface area contributed by atoms with Crippen LogP contribution in [0.1, 0.15) is 0 Å². The molecule has 0 N–H and O–H groups in total. The summed E-state index contributed by atoms with van der Waals surface area (Å²) >= 11 is 5.79. The SMILES string of the molecule is CON=[N+]([O-])C(Br)Br. The smallest absolute Gasteiger partial charge is 0.300 e. The fourth-order valence-corrected chi connectivity index (χ4v) is 0.266. The third kappa shape index (κ3) is 3.20. The first-order valence-electron chi connectivity index (χ1n) is 1.67. The Bertz CT molecular complexity index is 94.0. The summed E-state index contributed by atoms with van der Waals surface area (Å²) in [5.74, 6) is 0. The first-order chi connectivity index (χ1) is 3.68. The van der Waals surface area contributed by atoms with E-state index in [4.69, 9.17) is 0 Å². The van der Waals surface area contributed by atoms with Gasteiger partial charge in [-0.2, -0.15) is 0 Å². The minimum Gasteiger partial charge on any atom is -0.596 e. The molecule has 0 aliphatic heterocycles. The van der Waals surface area contributed by atoms with Crippen LogP contribution in [0.15, 0.2) is 5.28 Å². The third-order valence-corrected chi connectivity index (χ3v) is 1.03. The fraction of sp³-hybridized carbons (Fsp3) is 1.00. The normalized spacial score (nSPS) is 12.2. The monoisotopic (exact) mass is 246 g/mol. The molecule has 0 saturated carbocycles. The zero-order valence-corrected chi connectivity index (χ0v) is 7.22. The second-order valence-corrected chi connectivity index (χ2v) is 3.81. The van der Waals surface area contributed by atoms with E-state index in [1.807, 2.05) is 0 Å². The first kappa shape index (κ1) is 8.16. The summed E-state index contributed by atoms with van der Waals surface area (Å²) in [5.41, 5.74) is 0. The fourth-order valence-electron chi connectivity index (χ4n) is 0.116. The summed E-state index contributed by atoms with van der Waals surface area (Å²) in [4.78, 5) is 4.48. The van der Waals surface area contributed by atoms with Crippen molar-refractivity contribution in [2.45, 2.75) is 3.86 Å². The molecule has 6 heteroatoms. The number of hydrogen-bond acceptors (Lipinski definition) is 3. The number of hydroxylamine groups is 1. The first-order valence-corrected chi connectivity index (χ1v) is 3.50. The largest absolute Gasteiger partial charge is 0.596 e. The standard InChI is InChI=1S/C2H4Br2N2O2/c1-8-5-6(7)2(3)4/h2H,1H3. The molecular formula is C2H4Br2N2O2. The Hall–Kier alpha value is 0.160. The molecule has 0 aromatic rings. The number of hydrogen-bond donors (Lipinski definition) is 0. The Balaban J connectivity index is 3.61. The average Bonchev–Trinajstić information content (AvgIpc) is 1.67. The van der Waals surface area contributed by atoms with Gasteiger partial charge in [-0.1, -0.05) is 0 Å². The van der Waals surface area contributed by atoms with Crippen LogP contribution in [0.4, 0.5) is 0 Å². The van der Waals surface area contributed by atoms with Gasteiger partial charge >= 0.3 is 0 Å². The van der Waals surface area contributed by atoms with Gasteiger partial charge in [0.05, 0.1) is 0 Å². The molecule has 0 aliphatic rings. The van der Waals surface area contributed by atoms with Crippen molar-refractivity contribution in [2.75, 3.05) is 7.11 Å². The lowest BCUT2D eigenvalue weighted by Crippen LogP contribution is -2.03. The van der Waals surface area contributed by atoms with E-state index in [1.54, 1.807) is 0 Å². The number of rotatable bonds is 2. The summed E-state index contributed by atoms with van der Waals surface area (Å²) in [7, 11) is 1.30.